The number of rotatable bonds is 32. The number of aliphatic hydroxyl groups excluding tert-OH is 1. The highest BCUT2D eigenvalue weighted by Gasteiger charge is 2.13. The third-order valence-electron chi connectivity index (χ3n) is 7.74. The Morgan fingerprint density at radius 3 is 1.15 bits per heavy atom. The summed E-state index contributed by atoms with van der Waals surface area (Å²) in [4.78, 5) is 23.7. The van der Waals surface area contributed by atoms with E-state index >= 15 is 0 Å². The second-order valence-corrected chi connectivity index (χ2v) is 11.9. The van der Waals surface area contributed by atoms with Crippen LogP contribution >= 0.6 is 0 Å². The summed E-state index contributed by atoms with van der Waals surface area (Å²) in [7, 11) is 0. The van der Waals surface area contributed by atoms with Gasteiger partial charge in [0, 0.05) is 12.8 Å². The number of hydrogen-bond acceptors (Lipinski definition) is 5. The zero-order valence-corrected chi connectivity index (χ0v) is 26.7. The molecule has 0 aromatic carbocycles. The maximum Gasteiger partial charge on any atom is 0.306 e. The van der Waals surface area contributed by atoms with E-state index in [1.807, 2.05) is 0 Å². The van der Waals surface area contributed by atoms with Gasteiger partial charge in [-0.15, -0.1) is 0 Å². The van der Waals surface area contributed by atoms with E-state index < -0.39 is 6.10 Å². The van der Waals surface area contributed by atoms with Gasteiger partial charge in [0.15, 0.2) is 6.61 Å². The molecule has 0 aliphatic carbocycles. The summed E-state index contributed by atoms with van der Waals surface area (Å²) >= 11 is 0. The Balaban J connectivity index is 3.39. The highest BCUT2D eigenvalue weighted by Crippen LogP contribution is 2.14. The lowest BCUT2D eigenvalue weighted by Gasteiger charge is -2.11. The first kappa shape index (κ1) is 38.9. The molecule has 0 heterocycles. The molecule has 0 aromatic heterocycles. The van der Waals surface area contributed by atoms with Crippen LogP contribution in [0.15, 0.2) is 0 Å². The minimum absolute atomic E-state index is 0.163. The average molecular weight is 568 g/mol. The Kier molecular flexibility index (Phi) is 31.5. The van der Waals surface area contributed by atoms with Crippen LogP contribution in [-0.4, -0.2) is 29.8 Å². The summed E-state index contributed by atoms with van der Waals surface area (Å²) in [5.41, 5.74) is 0. The van der Waals surface area contributed by atoms with Crippen molar-refractivity contribution in [2.75, 3.05) is 6.61 Å². The van der Waals surface area contributed by atoms with E-state index in [1.54, 1.807) is 0 Å². The molecule has 0 aromatic rings. The summed E-state index contributed by atoms with van der Waals surface area (Å²) in [5, 5.41) is 9.91. The van der Waals surface area contributed by atoms with E-state index in [2.05, 4.69) is 13.8 Å². The summed E-state index contributed by atoms with van der Waals surface area (Å²) < 4.78 is 10.1. The van der Waals surface area contributed by atoms with E-state index in [0.717, 1.165) is 45.1 Å². The summed E-state index contributed by atoms with van der Waals surface area (Å²) in [6, 6.07) is 0. The first-order valence-corrected chi connectivity index (χ1v) is 17.5. The Morgan fingerprint density at radius 1 is 0.500 bits per heavy atom. The first-order chi connectivity index (χ1) is 19.6. The molecule has 5 heteroatoms. The predicted octanol–water partition coefficient (Wildman–Crippen LogP) is 10.6. The standard InChI is InChI=1S/C35H67O5/c1-3-5-7-9-11-13-15-17-19-21-23-25-27-29-34(37)39-31-33(36)32-40-35(38)30-28-26-24-22-20-18-16-14-12-10-8-6-4-2/h31,33,36H,3-30,32H2,1-2H3. The number of hydrogen-bond donors (Lipinski definition) is 1. The fourth-order valence-electron chi connectivity index (χ4n) is 5.08. The van der Waals surface area contributed by atoms with Crippen molar-refractivity contribution >= 4 is 11.9 Å². The topological polar surface area (TPSA) is 72.8 Å². The van der Waals surface area contributed by atoms with Crippen LogP contribution in [0.1, 0.15) is 194 Å². The van der Waals surface area contributed by atoms with Crippen LogP contribution in [0.4, 0.5) is 0 Å². The molecule has 0 aliphatic rings. The molecule has 40 heavy (non-hydrogen) atoms. The molecule has 0 aliphatic heterocycles. The number of carbonyl (C=O) groups excluding carboxylic acids is 2. The van der Waals surface area contributed by atoms with Crippen molar-refractivity contribution in [2.45, 2.75) is 200 Å². The molecule has 0 fully saturated rings. The van der Waals surface area contributed by atoms with E-state index in [4.69, 9.17) is 9.47 Å². The Bertz CT molecular complexity index is 490. The van der Waals surface area contributed by atoms with Crippen LogP contribution in [0, 0.1) is 6.61 Å². The Hall–Kier alpha value is -1.10. The Morgan fingerprint density at radius 2 is 0.800 bits per heavy atom. The lowest BCUT2D eigenvalue weighted by Crippen LogP contribution is -2.21. The van der Waals surface area contributed by atoms with Gasteiger partial charge >= 0.3 is 11.9 Å². The van der Waals surface area contributed by atoms with Gasteiger partial charge in [-0.05, 0) is 12.8 Å². The van der Waals surface area contributed by atoms with Crippen molar-refractivity contribution in [1.82, 2.24) is 0 Å². The van der Waals surface area contributed by atoms with E-state index in [0.29, 0.717) is 12.8 Å². The van der Waals surface area contributed by atoms with Gasteiger partial charge in [-0.1, -0.05) is 168 Å². The van der Waals surface area contributed by atoms with Gasteiger partial charge in [-0.3, -0.25) is 9.59 Å². The molecule has 0 rings (SSSR count). The second-order valence-electron chi connectivity index (χ2n) is 11.9. The van der Waals surface area contributed by atoms with E-state index in [9.17, 15) is 14.7 Å². The lowest BCUT2D eigenvalue weighted by molar-refractivity contribution is -0.148. The third-order valence-corrected chi connectivity index (χ3v) is 7.74. The van der Waals surface area contributed by atoms with Crippen LogP contribution in [0.3, 0.4) is 0 Å². The van der Waals surface area contributed by atoms with Crippen LogP contribution in [-0.2, 0) is 19.1 Å². The molecule has 1 radical (unpaired) electrons. The maximum atomic E-state index is 11.9. The van der Waals surface area contributed by atoms with Gasteiger partial charge in [0.2, 0.25) is 0 Å². The average Bonchev–Trinajstić information content (AvgIpc) is 2.95. The fraction of sp³-hybridized carbons (Fsp3) is 0.914. The third kappa shape index (κ3) is 31.4. The molecule has 0 amide bonds. The van der Waals surface area contributed by atoms with Gasteiger partial charge in [-0.2, -0.15) is 0 Å². The summed E-state index contributed by atoms with van der Waals surface area (Å²) in [5.74, 6) is -0.630. The highest BCUT2D eigenvalue weighted by atomic mass is 16.6. The van der Waals surface area contributed by atoms with Crippen molar-refractivity contribution in [3.8, 4) is 0 Å². The highest BCUT2D eigenvalue weighted by molar-refractivity contribution is 5.70. The van der Waals surface area contributed by atoms with E-state index in [-0.39, 0.29) is 18.5 Å². The lowest BCUT2D eigenvalue weighted by atomic mass is 10.0. The number of unbranched alkanes of at least 4 members (excludes halogenated alkanes) is 24. The van der Waals surface area contributed by atoms with Gasteiger partial charge in [-0.25, -0.2) is 0 Å². The van der Waals surface area contributed by atoms with Crippen molar-refractivity contribution in [2.24, 2.45) is 0 Å². The molecule has 0 saturated heterocycles. The molecule has 237 valence electrons. The van der Waals surface area contributed by atoms with E-state index in [1.165, 1.54) is 128 Å². The largest absolute Gasteiger partial charge is 0.463 e. The van der Waals surface area contributed by atoms with Crippen LogP contribution in [0.5, 0.6) is 0 Å². The summed E-state index contributed by atoms with van der Waals surface area (Å²) in [6.45, 7) is 5.44. The zero-order chi connectivity index (χ0) is 29.4. The molecule has 0 bridgehead atoms. The molecule has 1 atom stereocenters. The van der Waals surface area contributed by atoms with Crippen molar-refractivity contribution in [1.29, 1.82) is 0 Å². The van der Waals surface area contributed by atoms with Crippen molar-refractivity contribution in [3.63, 3.8) is 0 Å². The Labute approximate surface area is 248 Å². The number of aliphatic hydroxyl groups is 1. The molecular formula is C35H67O5. The second kappa shape index (κ2) is 32.4. The molecule has 0 spiro atoms. The summed E-state index contributed by atoms with van der Waals surface area (Å²) in [6.07, 6.45) is 32.6. The van der Waals surface area contributed by atoms with Gasteiger partial charge in [0.25, 0.3) is 0 Å². The molecule has 1 N–H and O–H groups in total. The van der Waals surface area contributed by atoms with Crippen molar-refractivity contribution in [3.05, 3.63) is 6.61 Å². The molecular weight excluding hydrogens is 500 g/mol. The minimum atomic E-state index is -1.08. The maximum absolute atomic E-state index is 11.9. The molecule has 1 unspecified atom stereocenters. The SMILES string of the molecule is CCCCCCCCCCCCCCCC(=O)O[CH]C(O)COC(=O)CCCCCCCCCCCCCCC. The van der Waals surface area contributed by atoms with Crippen LogP contribution in [0.25, 0.3) is 0 Å². The van der Waals surface area contributed by atoms with Crippen molar-refractivity contribution < 1.29 is 24.2 Å². The smallest absolute Gasteiger partial charge is 0.306 e. The van der Waals surface area contributed by atoms with Crippen LogP contribution in [0.2, 0.25) is 0 Å². The first-order valence-electron chi connectivity index (χ1n) is 17.5. The minimum Gasteiger partial charge on any atom is -0.463 e. The number of esters is 2. The van der Waals surface area contributed by atoms with Gasteiger partial charge in [0.05, 0.1) is 0 Å². The monoisotopic (exact) mass is 567 g/mol. The molecule has 5 nitrogen and oxygen atoms in total. The molecule has 0 saturated carbocycles. The van der Waals surface area contributed by atoms with Gasteiger partial charge in [0.1, 0.15) is 12.7 Å². The quantitative estimate of drug-likeness (QED) is 0.0646. The normalized spacial score (nSPS) is 11.3. The number of ether oxygens (including phenoxy) is 2. The van der Waals surface area contributed by atoms with Crippen LogP contribution < -0.4 is 0 Å². The fourth-order valence-corrected chi connectivity index (χ4v) is 5.08. The predicted molar refractivity (Wildman–Crippen MR) is 168 cm³/mol. The number of carbonyl (C=O) groups is 2. The van der Waals surface area contributed by atoms with Gasteiger partial charge < -0.3 is 14.6 Å². The zero-order valence-electron chi connectivity index (χ0n) is 26.7.